The quantitative estimate of drug-likeness (QED) is 0.450. The summed E-state index contributed by atoms with van der Waals surface area (Å²) >= 11 is 0. The highest BCUT2D eigenvalue weighted by Crippen LogP contribution is 2.66. The zero-order valence-corrected chi connectivity index (χ0v) is 22.0. The van der Waals surface area contributed by atoms with E-state index < -0.39 is 24.4 Å². The second-order valence-electron chi connectivity index (χ2n) is 13.3. The van der Waals surface area contributed by atoms with Gasteiger partial charge in [0.05, 0.1) is 36.9 Å². The van der Waals surface area contributed by atoms with Crippen molar-refractivity contribution in [1.29, 1.82) is 0 Å². The van der Waals surface area contributed by atoms with Gasteiger partial charge in [0.25, 0.3) is 0 Å². The third-order valence-electron chi connectivity index (χ3n) is 11.5. The van der Waals surface area contributed by atoms with E-state index in [0.29, 0.717) is 30.8 Å². The maximum Gasteiger partial charge on any atom is 0.309 e. The monoisotopic (exact) mass is 480 g/mol. The van der Waals surface area contributed by atoms with Crippen LogP contribution < -0.4 is 0 Å². The van der Waals surface area contributed by atoms with Gasteiger partial charge in [-0.05, 0) is 90.8 Å². The van der Waals surface area contributed by atoms with E-state index in [2.05, 4.69) is 34.6 Å². The van der Waals surface area contributed by atoms with Gasteiger partial charge in [0.15, 0.2) is 0 Å². The standard InChI is InChI=1S/C28H48O6/c1-14(2)15(3)24(31)25(32)16(4)18-7-8-19-17-13-34-26(33)21-11-22(29)23(30)12-28(21,6)20(17)9-10-27(18,19)5/h14-25,29-32H,7-13H2,1-6H3/t15-,16+,17-,18-,19-,20-,21-,22+,23-,24-,25-,27-,28-/m1/s1. The molecule has 0 unspecified atom stereocenters. The van der Waals surface area contributed by atoms with Crippen LogP contribution in [0.4, 0.5) is 0 Å². The van der Waals surface area contributed by atoms with Crippen molar-refractivity contribution in [2.24, 2.45) is 58.2 Å². The maximum atomic E-state index is 13.0. The van der Waals surface area contributed by atoms with Crippen molar-refractivity contribution in [1.82, 2.24) is 0 Å². The van der Waals surface area contributed by atoms with E-state index >= 15 is 0 Å². The van der Waals surface area contributed by atoms with Crippen molar-refractivity contribution >= 4 is 5.97 Å². The molecule has 13 atom stereocenters. The fraction of sp³-hybridized carbons (Fsp3) is 0.964. The molecule has 1 heterocycles. The molecule has 0 aromatic heterocycles. The van der Waals surface area contributed by atoms with Gasteiger partial charge >= 0.3 is 5.97 Å². The summed E-state index contributed by atoms with van der Waals surface area (Å²) in [5.74, 6) is 0.948. The average molecular weight is 481 g/mol. The normalized spacial score (nSPS) is 48.1. The number of ether oxygens (including phenoxy) is 1. The molecule has 0 radical (unpaired) electrons. The summed E-state index contributed by atoms with van der Waals surface area (Å²) in [6, 6.07) is 0. The van der Waals surface area contributed by atoms with E-state index in [9.17, 15) is 25.2 Å². The van der Waals surface area contributed by atoms with Crippen molar-refractivity contribution < 1.29 is 30.0 Å². The zero-order valence-electron chi connectivity index (χ0n) is 22.0. The van der Waals surface area contributed by atoms with Crippen LogP contribution in [0.5, 0.6) is 0 Å². The average Bonchev–Trinajstić information content (AvgIpc) is 3.09. The maximum absolute atomic E-state index is 13.0. The Balaban J connectivity index is 1.58. The lowest BCUT2D eigenvalue weighted by molar-refractivity contribution is -0.162. The third kappa shape index (κ3) is 4.05. The lowest BCUT2D eigenvalue weighted by atomic mass is 9.48. The molecule has 4 fully saturated rings. The highest BCUT2D eigenvalue weighted by Gasteiger charge is 2.63. The number of rotatable bonds is 5. The number of esters is 1. The number of carbonyl (C=O) groups is 1. The second kappa shape index (κ2) is 9.32. The topological polar surface area (TPSA) is 107 Å². The molecule has 6 heteroatoms. The number of fused-ring (bicyclic) bond motifs is 5. The molecule has 4 aliphatic rings. The summed E-state index contributed by atoms with van der Waals surface area (Å²) in [4.78, 5) is 13.0. The Bertz CT molecular complexity index is 755. The Labute approximate surface area is 205 Å². The van der Waals surface area contributed by atoms with Crippen LogP contribution in [0.2, 0.25) is 0 Å². The molecule has 0 bridgehead atoms. The molecule has 6 nitrogen and oxygen atoms in total. The Kier molecular flexibility index (Phi) is 7.23. The van der Waals surface area contributed by atoms with Crippen molar-refractivity contribution in [3.8, 4) is 0 Å². The summed E-state index contributed by atoms with van der Waals surface area (Å²) in [5, 5.41) is 42.9. The Morgan fingerprint density at radius 1 is 0.912 bits per heavy atom. The molecule has 0 spiro atoms. The fourth-order valence-corrected chi connectivity index (χ4v) is 8.95. The van der Waals surface area contributed by atoms with E-state index in [-0.39, 0.29) is 52.8 Å². The van der Waals surface area contributed by atoms with Crippen LogP contribution in [-0.4, -0.2) is 57.4 Å². The first kappa shape index (κ1) is 26.4. The van der Waals surface area contributed by atoms with Crippen molar-refractivity contribution in [3.05, 3.63) is 0 Å². The van der Waals surface area contributed by atoms with Gasteiger partial charge in [0.1, 0.15) is 0 Å². The summed E-state index contributed by atoms with van der Waals surface area (Å²) < 4.78 is 5.86. The molecule has 4 rings (SSSR count). The number of carbonyl (C=O) groups excluding carboxylic acids is 1. The van der Waals surface area contributed by atoms with Gasteiger partial charge in [0.2, 0.25) is 0 Å². The predicted molar refractivity (Wildman–Crippen MR) is 130 cm³/mol. The van der Waals surface area contributed by atoms with Crippen LogP contribution in [0.25, 0.3) is 0 Å². The Morgan fingerprint density at radius 2 is 1.56 bits per heavy atom. The minimum atomic E-state index is -0.867. The highest BCUT2D eigenvalue weighted by molar-refractivity contribution is 5.74. The van der Waals surface area contributed by atoms with Crippen LogP contribution in [0.3, 0.4) is 0 Å². The largest absolute Gasteiger partial charge is 0.465 e. The van der Waals surface area contributed by atoms with Gasteiger partial charge in [-0.15, -0.1) is 0 Å². The molecular formula is C28H48O6. The van der Waals surface area contributed by atoms with Gasteiger partial charge in [0, 0.05) is 0 Å². The molecule has 4 N–H and O–H groups in total. The van der Waals surface area contributed by atoms with Crippen molar-refractivity contribution in [3.63, 3.8) is 0 Å². The van der Waals surface area contributed by atoms with E-state index in [1.54, 1.807) is 0 Å². The van der Waals surface area contributed by atoms with Crippen LogP contribution in [0.1, 0.15) is 80.1 Å². The molecule has 3 saturated carbocycles. The summed E-state index contributed by atoms with van der Waals surface area (Å²) in [7, 11) is 0. The first-order valence-electron chi connectivity index (χ1n) is 13.7. The highest BCUT2D eigenvalue weighted by atomic mass is 16.5. The number of aliphatic hydroxyl groups excluding tert-OH is 4. The molecule has 3 aliphatic carbocycles. The lowest BCUT2D eigenvalue weighted by Gasteiger charge is -2.56. The van der Waals surface area contributed by atoms with Crippen LogP contribution in [-0.2, 0) is 9.53 Å². The number of hydrogen-bond donors (Lipinski definition) is 4. The third-order valence-corrected chi connectivity index (χ3v) is 11.5. The smallest absolute Gasteiger partial charge is 0.309 e. The number of aliphatic hydroxyl groups is 4. The first-order chi connectivity index (χ1) is 15.8. The first-order valence-corrected chi connectivity index (χ1v) is 13.7. The van der Waals surface area contributed by atoms with Gasteiger partial charge in [-0.1, -0.05) is 41.5 Å². The van der Waals surface area contributed by atoms with E-state index in [4.69, 9.17) is 4.74 Å². The summed E-state index contributed by atoms with van der Waals surface area (Å²) in [6.07, 6.45) is 1.61. The second-order valence-corrected chi connectivity index (χ2v) is 13.3. The molecule has 1 aliphatic heterocycles. The summed E-state index contributed by atoms with van der Waals surface area (Å²) in [6.45, 7) is 13.2. The lowest BCUT2D eigenvalue weighted by Crippen LogP contribution is -2.55. The molecule has 196 valence electrons. The fourth-order valence-electron chi connectivity index (χ4n) is 8.95. The molecule has 0 amide bonds. The predicted octanol–water partition coefficient (Wildman–Crippen LogP) is 3.39. The van der Waals surface area contributed by atoms with Gasteiger partial charge in [-0.3, -0.25) is 4.79 Å². The van der Waals surface area contributed by atoms with E-state index in [1.807, 2.05) is 6.92 Å². The van der Waals surface area contributed by atoms with Crippen LogP contribution >= 0.6 is 0 Å². The van der Waals surface area contributed by atoms with Crippen molar-refractivity contribution in [2.75, 3.05) is 6.61 Å². The molecule has 0 aromatic rings. The Hall–Kier alpha value is -0.690. The van der Waals surface area contributed by atoms with Gasteiger partial charge in [-0.2, -0.15) is 0 Å². The Morgan fingerprint density at radius 3 is 2.21 bits per heavy atom. The van der Waals surface area contributed by atoms with Crippen LogP contribution in [0.15, 0.2) is 0 Å². The molecule has 1 saturated heterocycles. The number of hydrogen-bond acceptors (Lipinski definition) is 6. The molecule has 34 heavy (non-hydrogen) atoms. The van der Waals surface area contributed by atoms with Crippen molar-refractivity contribution in [2.45, 2.75) is 104 Å². The van der Waals surface area contributed by atoms with Crippen LogP contribution in [0, 0.1) is 58.2 Å². The van der Waals surface area contributed by atoms with E-state index in [1.165, 1.54) is 0 Å². The molecular weight excluding hydrogens is 432 g/mol. The minimum Gasteiger partial charge on any atom is -0.465 e. The number of cyclic esters (lactones) is 1. The minimum absolute atomic E-state index is 0.00827. The molecule has 0 aromatic carbocycles. The van der Waals surface area contributed by atoms with Gasteiger partial charge < -0.3 is 25.2 Å². The van der Waals surface area contributed by atoms with Gasteiger partial charge in [-0.25, -0.2) is 0 Å². The van der Waals surface area contributed by atoms with E-state index in [0.717, 1.165) is 25.7 Å². The SMILES string of the molecule is CC(C)[C@@H](C)[C@@H](O)[C@H](O)[C@@H](C)[C@H]1CC[C@@H]2[C@H]3COC(=O)[C@H]4C[C@H](O)[C@H](O)C[C@]4(C)[C@@H]3CC[C@]12C. The zero-order chi connectivity index (χ0) is 25.2. The summed E-state index contributed by atoms with van der Waals surface area (Å²) in [5.41, 5.74) is -0.345.